The molecule has 3 rings (SSSR count). The van der Waals surface area contributed by atoms with E-state index in [2.05, 4.69) is 56.4 Å². The molecule has 1 atom stereocenters. The summed E-state index contributed by atoms with van der Waals surface area (Å²) in [6.07, 6.45) is 1.02. The molecule has 3 N–H and O–H groups in total. The summed E-state index contributed by atoms with van der Waals surface area (Å²) in [5.74, 6) is 0.680. The number of halogens is 1. The molecule has 0 amide bonds. The minimum atomic E-state index is -3.49. The van der Waals surface area contributed by atoms with Crippen LogP contribution in [0.3, 0.4) is 0 Å². The van der Waals surface area contributed by atoms with Gasteiger partial charge < -0.3 is 15.5 Å². The Hall–Kier alpha value is -1.85. The maximum absolute atomic E-state index is 12.2. The van der Waals surface area contributed by atoms with E-state index in [1.54, 1.807) is 37.4 Å². The van der Waals surface area contributed by atoms with Gasteiger partial charge in [0, 0.05) is 45.0 Å². The molecule has 2 aromatic rings. The molecule has 7 nitrogen and oxygen atoms in total. The number of aliphatic imine (C=N–C) groups is 1. The van der Waals surface area contributed by atoms with Crippen LogP contribution >= 0.6 is 24.0 Å². The number of aryl methyl sites for hydroxylation is 1. The second-order valence-electron chi connectivity index (χ2n) is 7.12. The molecule has 30 heavy (non-hydrogen) atoms. The second kappa shape index (κ2) is 11.5. The third-order valence-corrected chi connectivity index (χ3v) is 6.39. The number of nitrogens with zero attached hydrogens (tertiary/aromatic N) is 2. The molecule has 164 valence electrons. The van der Waals surface area contributed by atoms with Crippen LogP contribution < -0.4 is 20.3 Å². The quantitative estimate of drug-likeness (QED) is 0.216. The first kappa shape index (κ1) is 24.4. The summed E-state index contributed by atoms with van der Waals surface area (Å²) in [5.41, 5.74) is 2.49. The predicted molar refractivity (Wildman–Crippen MR) is 133 cm³/mol. The number of hydrogen-bond acceptors (Lipinski definition) is 4. The first-order chi connectivity index (χ1) is 14.0. The smallest absolute Gasteiger partial charge is 0.240 e. The zero-order chi connectivity index (χ0) is 20.7. The monoisotopic (exact) mass is 543 g/mol. The first-order valence-corrected chi connectivity index (χ1v) is 11.3. The molecule has 0 aromatic heterocycles. The van der Waals surface area contributed by atoms with Crippen LogP contribution in [0, 0.1) is 6.92 Å². The minimum absolute atomic E-state index is 0. The van der Waals surface area contributed by atoms with Crippen molar-refractivity contribution in [1.82, 2.24) is 15.4 Å². The van der Waals surface area contributed by atoms with Crippen LogP contribution in [0.4, 0.5) is 5.69 Å². The Labute approximate surface area is 196 Å². The van der Waals surface area contributed by atoms with Gasteiger partial charge >= 0.3 is 0 Å². The van der Waals surface area contributed by atoms with Gasteiger partial charge in [-0.25, -0.2) is 13.1 Å². The van der Waals surface area contributed by atoms with Crippen LogP contribution in [0.1, 0.15) is 12.0 Å². The third-order valence-electron chi connectivity index (χ3n) is 4.91. The lowest BCUT2D eigenvalue weighted by Gasteiger charge is -2.20. The van der Waals surface area contributed by atoms with E-state index in [9.17, 15) is 8.42 Å². The van der Waals surface area contributed by atoms with Crippen molar-refractivity contribution in [3.8, 4) is 0 Å². The molecule has 9 heteroatoms. The predicted octanol–water partition coefficient (Wildman–Crippen LogP) is 2.34. The van der Waals surface area contributed by atoms with Gasteiger partial charge in [0.05, 0.1) is 4.90 Å². The van der Waals surface area contributed by atoms with E-state index in [4.69, 9.17) is 0 Å². The van der Waals surface area contributed by atoms with Crippen LogP contribution in [0.15, 0.2) is 64.5 Å². The topological polar surface area (TPSA) is 85.8 Å². The standard InChI is InChI=1S/C21H29N5O2S.HI/c1-17-8-10-19(11-9-17)26-15-12-18(16-26)25-21(22-2)23-13-14-24-29(27,28)20-6-4-3-5-7-20;/h3-11,18,24H,12-16H2,1-2H3,(H2,22,23,25);1H. The minimum Gasteiger partial charge on any atom is -0.369 e. The van der Waals surface area contributed by atoms with Crippen molar-refractivity contribution in [3.63, 3.8) is 0 Å². The molecule has 1 aliphatic rings. The van der Waals surface area contributed by atoms with Gasteiger partial charge in [-0.1, -0.05) is 35.9 Å². The van der Waals surface area contributed by atoms with Gasteiger partial charge in [-0.05, 0) is 37.6 Å². The third kappa shape index (κ3) is 6.85. The Bertz CT molecular complexity index is 920. The first-order valence-electron chi connectivity index (χ1n) is 9.81. The summed E-state index contributed by atoms with van der Waals surface area (Å²) in [5, 5.41) is 6.60. The lowest BCUT2D eigenvalue weighted by Crippen LogP contribution is -2.46. The highest BCUT2D eigenvalue weighted by Crippen LogP contribution is 2.20. The second-order valence-corrected chi connectivity index (χ2v) is 8.89. The molecule has 0 saturated carbocycles. The fourth-order valence-corrected chi connectivity index (χ4v) is 4.36. The molecule has 1 fully saturated rings. The fraction of sp³-hybridized carbons (Fsp3) is 0.381. The maximum atomic E-state index is 12.2. The Balaban J connectivity index is 0.00000320. The van der Waals surface area contributed by atoms with Crippen molar-refractivity contribution >= 4 is 45.6 Å². The SMILES string of the molecule is CN=C(NCCNS(=O)(=O)c1ccccc1)NC1CCN(c2ccc(C)cc2)C1.I. The van der Waals surface area contributed by atoms with Crippen molar-refractivity contribution in [3.05, 3.63) is 60.2 Å². The largest absolute Gasteiger partial charge is 0.369 e. The van der Waals surface area contributed by atoms with E-state index in [0.29, 0.717) is 18.5 Å². The normalized spacial score (nSPS) is 16.8. The zero-order valence-electron chi connectivity index (χ0n) is 17.3. The van der Waals surface area contributed by atoms with Gasteiger partial charge in [0.15, 0.2) is 5.96 Å². The van der Waals surface area contributed by atoms with E-state index in [0.717, 1.165) is 19.5 Å². The van der Waals surface area contributed by atoms with Gasteiger partial charge in [0.25, 0.3) is 0 Å². The Morgan fingerprint density at radius 3 is 2.47 bits per heavy atom. The summed E-state index contributed by atoms with van der Waals surface area (Å²) in [4.78, 5) is 6.88. The highest BCUT2D eigenvalue weighted by molar-refractivity contribution is 14.0. The Kier molecular flexibility index (Phi) is 9.37. The van der Waals surface area contributed by atoms with Crippen LogP contribution in [-0.2, 0) is 10.0 Å². The number of guanidine groups is 1. The van der Waals surface area contributed by atoms with Crippen LogP contribution in [0.5, 0.6) is 0 Å². The Morgan fingerprint density at radius 1 is 1.10 bits per heavy atom. The molecule has 0 radical (unpaired) electrons. The Morgan fingerprint density at radius 2 is 1.80 bits per heavy atom. The zero-order valence-corrected chi connectivity index (χ0v) is 20.5. The van der Waals surface area contributed by atoms with Crippen molar-refractivity contribution in [1.29, 1.82) is 0 Å². The number of benzene rings is 2. The van der Waals surface area contributed by atoms with E-state index in [1.165, 1.54) is 11.3 Å². The van der Waals surface area contributed by atoms with Crippen LogP contribution in [0.25, 0.3) is 0 Å². The van der Waals surface area contributed by atoms with Gasteiger partial charge in [-0.3, -0.25) is 4.99 Å². The van der Waals surface area contributed by atoms with Crippen molar-refractivity contribution < 1.29 is 8.42 Å². The van der Waals surface area contributed by atoms with Gasteiger partial charge in [-0.15, -0.1) is 24.0 Å². The summed E-state index contributed by atoms with van der Waals surface area (Å²) in [6, 6.07) is 17.2. The molecule has 1 unspecified atom stereocenters. The fourth-order valence-electron chi connectivity index (χ4n) is 3.31. The highest BCUT2D eigenvalue weighted by Gasteiger charge is 2.23. The molecule has 0 bridgehead atoms. The van der Waals surface area contributed by atoms with Gasteiger partial charge in [-0.2, -0.15) is 0 Å². The van der Waals surface area contributed by atoms with Crippen molar-refractivity contribution in [2.45, 2.75) is 24.3 Å². The number of hydrogen-bond donors (Lipinski definition) is 3. The molecule has 0 spiro atoms. The average Bonchev–Trinajstić information content (AvgIpc) is 3.20. The lowest BCUT2D eigenvalue weighted by atomic mass is 10.2. The van der Waals surface area contributed by atoms with E-state index >= 15 is 0 Å². The van der Waals surface area contributed by atoms with E-state index in [-0.39, 0.29) is 35.4 Å². The number of sulfonamides is 1. The van der Waals surface area contributed by atoms with E-state index < -0.39 is 10.0 Å². The lowest BCUT2D eigenvalue weighted by molar-refractivity contribution is 0.579. The average molecular weight is 543 g/mol. The molecule has 0 aliphatic carbocycles. The number of rotatable bonds is 7. The van der Waals surface area contributed by atoms with Gasteiger partial charge in [0.1, 0.15) is 0 Å². The van der Waals surface area contributed by atoms with Crippen molar-refractivity contribution in [2.24, 2.45) is 4.99 Å². The van der Waals surface area contributed by atoms with Crippen molar-refractivity contribution in [2.75, 3.05) is 38.1 Å². The van der Waals surface area contributed by atoms with E-state index in [1.807, 2.05) is 0 Å². The highest BCUT2D eigenvalue weighted by atomic mass is 127. The molecular weight excluding hydrogens is 513 g/mol. The molecular formula is C21H30IN5O2S. The van der Waals surface area contributed by atoms with Crippen LogP contribution in [-0.4, -0.2) is 53.6 Å². The summed E-state index contributed by atoms with van der Waals surface area (Å²) < 4.78 is 27.1. The molecule has 1 saturated heterocycles. The summed E-state index contributed by atoms with van der Waals surface area (Å²) in [6.45, 7) is 4.71. The number of anilines is 1. The van der Waals surface area contributed by atoms with Gasteiger partial charge in [0.2, 0.25) is 10.0 Å². The summed E-state index contributed by atoms with van der Waals surface area (Å²) in [7, 11) is -1.77. The maximum Gasteiger partial charge on any atom is 0.240 e. The molecule has 1 aliphatic heterocycles. The molecule has 2 aromatic carbocycles. The van der Waals surface area contributed by atoms with Crippen LogP contribution in [0.2, 0.25) is 0 Å². The molecule has 1 heterocycles. The number of nitrogens with one attached hydrogen (secondary N) is 3. The summed E-state index contributed by atoms with van der Waals surface area (Å²) >= 11 is 0.